The van der Waals surface area contributed by atoms with Gasteiger partial charge in [0.25, 0.3) is 0 Å². The van der Waals surface area contributed by atoms with Gasteiger partial charge in [0.1, 0.15) is 0 Å². The van der Waals surface area contributed by atoms with Crippen molar-refractivity contribution in [2.45, 2.75) is 6.92 Å². The number of hydrogen-bond acceptors (Lipinski definition) is 4. The number of ether oxygens (including phenoxy) is 1. The van der Waals surface area contributed by atoms with Crippen molar-refractivity contribution < 1.29 is 9.53 Å². The van der Waals surface area contributed by atoms with Crippen molar-refractivity contribution >= 4 is 17.9 Å². The first-order chi connectivity index (χ1) is 7.22. The number of aromatic nitrogens is 1. The SMILES string of the molecule is CCOC(=O)N/C(N)=N\c1ccccn1. The Morgan fingerprint density at radius 3 is 3.07 bits per heavy atom. The van der Waals surface area contributed by atoms with Gasteiger partial charge in [-0.1, -0.05) is 6.07 Å². The second-order valence-corrected chi connectivity index (χ2v) is 2.53. The van der Waals surface area contributed by atoms with Gasteiger partial charge in [0.15, 0.2) is 5.82 Å². The summed E-state index contributed by atoms with van der Waals surface area (Å²) in [6.07, 6.45) is 0.950. The Morgan fingerprint density at radius 1 is 1.67 bits per heavy atom. The number of nitrogens with zero attached hydrogens (tertiary/aromatic N) is 2. The number of hydrogen-bond donors (Lipinski definition) is 2. The molecule has 3 N–H and O–H groups in total. The molecule has 6 nitrogen and oxygen atoms in total. The number of carbonyl (C=O) groups excluding carboxylic acids is 1. The topological polar surface area (TPSA) is 89.6 Å². The van der Waals surface area contributed by atoms with Crippen LogP contribution in [0.25, 0.3) is 0 Å². The van der Waals surface area contributed by atoms with Crippen LogP contribution in [0.5, 0.6) is 0 Å². The predicted octanol–water partition coefficient (Wildman–Crippen LogP) is 0.774. The fourth-order valence-corrected chi connectivity index (χ4v) is 0.843. The van der Waals surface area contributed by atoms with E-state index < -0.39 is 6.09 Å². The quantitative estimate of drug-likeness (QED) is 0.555. The van der Waals surface area contributed by atoms with E-state index in [-0.39, 0.29) is 12.6 Å². The molecule has 6 heteroatoms. The van der Waals surface area contributed by atoms with Gasteiger partial charge >= 0.3 is 6.09 Å². The Morgan fingerprint density at radius 2 is 2.47 bits per heavy atom. The van der Waals surface area contributed by atoms with Gasteiger partial charge in [-0.25, -0.2) is 9.78 Å². The zero-order valence-corrected chi connectivity index (χ0v) is 8.30. The monoisotopic (exact) mass is 208 g/mol. The Hall–Kier alpha value is -2.11. The van der Waals surface area contributed by atoms with Gasteiger partial charge in [-0.2, -0.15) is 4.99 Å². The van der Waals surface area contributed by atoms with Gasteiger partial charge in [-0.15, -0.1) is 0 Å². The van der Waals surface area contributed by atoms with Crippen LogP contribution in [0.2, 0.25) is 0 Å². The van der Waals surface area contributed by atoms with E-state index in [1.165, 1.54) is 0 Å². The van der Waals surface area contributed by atoms with Crippen molar-refractivity contribution in [3.8, 4) is 0 Å². The Bertz CT molecular complexity index is 350. The predicted molar refractivity (Wildman–Crippen MR) is 55.7 cm³/mol. The molecule has 1 aromatic rings. The molecular formula is C9H12N4O2. The number of rotatable bonds is 2. The fourth-order valence-electron chi connectivity index (χ4n) is 0.843. The number of carbonyl (C=O) groups is 1. The molecule has 0 aliphatic rings. The van der Waals surface area contributed by atoms with E-state index in [0.717, 1.165) is 0 Å². The van der Waals surface area contributed by atoms with Crippen LogP contribution < -0.4 is 11.1 Å². The summed E-state index contributed by atoms with van der Waals surface area (Å²) in [5.41, 5.74) is 5.43. The number of nitrogens with two attached hydrogens (primary N) is 1. The summed E-state index contributed by atoms with van der Waals surface area (Å²) in [5, 5.41) is 2.26. The molecule has 0 atom stereocenters. The summed E-state index contributed by atoms with van der Waals surface area (Å²) in [6, 6.07) is 5.19. The summed E-state index contributed by atoms with van der Waals surface area (Å²) in [5.74, 6) is 0.374. The van der Waals surface area contributed by atoms with E-state index in [0.29, 0.717) is 5.82 Å². The minimum absolute atomic E-state index is 0.0489. The minimum Gasteiger partial charge on any atom is -0.450 e. The number of alkyl carbamates (subject to hydrolysis) is 1. The third-order valence-electron chi connectivity index (χ3n) is 1.39. The second kappa shape index (κ2) is 5.58. The lowest BCUT2D eigenvalue weighted by Crippen LogP contribution is -2.36. The molecule has 0 aliphatic carbocycles. The van der Waals surface area contributed by atoms with Crippen molar-refractivity contribution in [3.63, 3.8) is 0 Å². The van der Waals surface area contributed by atoms with E-state index in [4.69, 9.17) is 5.73 Å². The third-order valence-corrected chi connectivity index (χ3v) is 1.39. The molecule has 15 heavy (non-hydrogen) atoms. The molecule has 0 spiro atoms. The molecule has 1 rings (SSSR count). The second-order valence-electron chi connectivity index (χ2n) is 2.53. The van der Waals surface area contributed by atoms with Crippen LogP contribution in [0.3, 0.4) is 0 Å². The van der Waals surface area contributed by atoms with Crippen LogP contribution in [0.4, 0.5) is 10.6 Å². The average molecular weight is 208 g/mol. The van der Waals surface area contributed by atoms with Crippen molar-refractivity contribution in [1.82, 2.24) is 10.3 Å². The lowest BCUT2D eigenvalue weighted by molar-refractivity contribution is 0.157. The summed E-state index contributed by atoms with van der Waals surface area (Å²) in [6.45, 7) is 1.98. The maximum absolute atomic E-state index is 10.9. The number of amides is 1. The largest absolute Gasteiger partial charge is 0.450 e. The zero-order valence-electron chi connectivity index (χ0n) is 8.30. The lowest BCUT2D eigenvalue weighted by atomic mass is 10.5. The Labute approximate surface area is 87.2 Å². The summed E-state index contributed by atoms with van der Waals surface area (Å²) < 4.78 is 4.62. The van der Waals surface area contributed by atoms with Crippen molar-refractivity contribution in [2.24, 2.45) is 10.7 Å². The van der Waals surface area contributed by atoms with Crippen LogP contribution in [0.15, 0.2) is 29.4 Å². The normalized spacial score (nSPS) is 10.9. The number of pyridine rings is 1. The molecule has 0 aromatic carbocycles. The lowest BCUT2D eigenvalue weighted by Gasteiger charge is -2.03. The molecule has 0 radical (unpaired) electrons. The highest BCUT2D eigenvalue weighted by Gasteiger charge is 2.02. The van der Waals surface area contributed by atoms with Gasteiger partial charge < -0.3 is 10.5 Å². The van der Waals surface area contributed by atoms with Crippen LogP contribution in [-0.2, 0) is 4.74 Å². The highest BCUT2D eigenvalue weighted by atomic mass is 16.5. The third kappa shape index (κ3) is 4.08. The molecule has 0 unspecified atom stereocenters. The van der Waals surface area contributed by atoms with E-state index in [1.54, 1.807) is 31.3 Å². The van der Waals surface area contributed by atoms with Crippen LogP contribution in [0, 0.1) is 0 Å². The van der Waals surface area contributed by atoms with Gasteiger partial charge in [0.2, 0.25) is 5.96 Å². The summed E-state index contributed by atoms with van der Waals surface area (Å²) in [4.78, 5) is 18.7. The first-order valence-corrected chi connectivity index (χ1v) is 4.41. The van der Waals surface area contributed by atoms with Gasteiger partial charge in [0, 0.05) is 6.20 Å². The van der Waals surface area contributed by atoms with Gasteiger partial charge in [-0.3, -0.25) is 5.32 Å². The molecular weight excluding hydrogens is 196 g/mol. The minimum atomic E-state index is -0.630. The first-order valence-electron chi connectivity index (χ1n) is 4.41. The average Bonchev–Trinajstić information content (AvgIpc) is 2.19. The van der Waals surface area contributed by atoms with E-state index in [1.807, 2.05) is 0 Å². The van der Waals surface area contributed by atoms with Crippen LogP contribution >= 0.6 is 0 Å². The van der Waals surface area contributed by atoms with E-state index in [2.05, 4.69) is 20.0 Å². The maximum atomic E-state index is 10.9. The first kappa shape index (κ1) is 11.0. The van der Waals surface area contributed by atoms with Gasteiger partial charge in [-0.05, 0) is 19.1 Å². The van der Waals surface area contributed by atoms with E-state index >= 15 is 0 Å². The van der Waals surface area contributed by atoms with Gasteiger partial charge in [0.05, 0.1) is 6.61 Å². The van der Waals surface area contributed by atoms with Crippen molar-refractivity contribution in [3.05, 3.63) is 24.4 Å². The fraction of sp³-hybridized carbons (Fsp3) is 0.222. The zero-order chi connectivity index (χ0) is 11.1. The smallest absolute Gasteiger partial charge is 0.413 e. The number of aliphatic imine (C=N–C) groups is 1. The molecule has 0 bridgehead atoms. The Kier molecular flexibility index (Phi) is 4.08. The molecule has 80 valence electrons. The van der Waals surface area contributed by atoms with Crippen LogP contribution in [-0.4, -0.2) is 23.6 Å². The molecule has 0 fully saturated rings. The standard InChI is InChI=1S/C9H12N4O2/c1-2-15-9(14)13-8(10)12-7-5-3-4-6-11-7/h3-6H,2H2,1H3,(H3,10,11,12,13,14). The van der Waals surface area contributed by atoms with Crippen molar-refractivity contribution in [1.29, 1.82) is 0 Å². The van der Waals surface area contributed by atoms with Crippen LogP contribution in [0.1, 0.15) is 6.92 Å². The molecule has 0 saturated carbocycles. The number of nitrogens with one attached hydrogen (secondary N) is 1. The molecule has 1 aromatic heterocycles. The molecule has 0 aliphatic heterocycles. The maximum Gasteiger partial charge on any atom is 0.413 e. The van der Waals surface area contributed by atoms with E-state index in [9.17, 15) is 4.79 Å². The highest BCUT2D eigenvalue weighted by Crippen LogP contribution is 2.03. The number of guanidine groups is 1. The highest BCUT2D eigenvalue weighted by molar-refractivity contribution is 5.93. The molecule has 1 amide bonds. The summed E-state index contributed by atoms with van der Waals surface area (Å²) >= 11 is 0. The Balaban J connectivity index is 2.57. The molecule has 0 saturated heterocycles. The molecule has 1 heterocycles. The van der Waals surface area contributed by atoms with Crippen molar-refractivity contribution in [2.75, 3.05) is 6.61 Å². The summed E-state index contributed by atoms with van der Waals surface area (Å²) in [7, 11) is 0.